The van der Waals surface area contributed by atoms with Crippen LogP contribution in [0.5, 0.6) is 5.75 Å². The van der Waals surface area contributed by atoms with Gasteiger partial charge in [-0.2, -0.15) is 0 Å². The Morgan fingerprint density at radius 1 is 1.00 bits per heavy atom. The Hall–Kier alpha value is -1.64. The second-order valence-electron chi connectivity index (χ2n) is 3.29. The van der Waals surface area contributed by atoms with Crippen molar-refractivity contribution in [2.45, 2.75) is 12.8 Å². The van der Waals surface area contributed by atoms with Crippen LogP contribution in [0.2, 0.25) is 0 Å². The number of halogens is 2. The Balaban J connectivity index is 2.16. The Morgan fingerprint density at radius 2 is 1.73 bits per heavy atom. The van der Waals surface area contributed by atoms with E-state index in [2.05, 4.69) is 0 Å². The van der Waals surface area contributed by atoms with Gasteiger partial charge in [0.05, 0.1) is 0 Å². The van der Waals surface area contributed by atoms with Gasteiger partial charge in [0.1, 0.15) is 23.1 Å². The van der Waals surface area contributed by atoms with Gasteiger partial charge in [-0.25, -0.2) is 8.78 Å². The zero-order valence-corrected chi connectivity index (χ0v) is 8.04. The molecule has 0 N–H and O–H groups in total. The van der Waals surface area contributed by atoms with Crippen LogP contribution in [0.15, 0.2) is 42.2 Å². The van der Waals surface area contributed by atoms with Gasteiger partial charge in [0.15, 0.2) is 0 Å². The van der Waals surface area contributed by atoms with E-state index in [-0.39, 0.29) is 5.75 Å². The molecule has 0 amide bonds. The number of hydrogen-bond acceptors (Lipinski definition) is 1. The third kappa shape index (κ3) is 2.65. The van der Waals surface area contributed by atoms with Gasteiger partial charge in [-0.15, -0.1) is 0 Å². The van der Waals surface area contributed by atoms with Crippen molar-refractivity contribution in [3.05, 3.63) is 53.8 Å². The minimum atomic E-state index is -0.634. The average molecular weight is 208 g/mol. The Bertz CT molecular complexity index is 401. The summed E-state index contributed by atoms with van der Waals surface area (Å²) in [4.78, 5) is 0. The van der Waals surface area contributed by atoms with Crippen LogP contribution in [-0.4, -0.2) is 0 Å². The molecule has 0 unspecified atom stereocenters. The fraction of sp³-hybridized carbons (Fsp3) is 0.167. The largest absolute Gasteiger partial charge is 0.458 e. The van der Waals surface area contributed by atoms with Crippen molar-refractivity contribution in [3.8, 4) is 5.75 Å². The standard InChI is InChI=1S/C12H10F2O/c13-9-6-10(14)8-12(7-9)15-11-4-2-1-3-5-11/h2,4-8H,1,3H2. The van der Waals surface area contributed by atoms with Crippen molar-refractivity contribution >= 4 is 0 Å². The van der Waals surface area contributed by atoms with Crippen LogP contribution >= 0.6 is 0 Å². The Kier molecular flexibility index (Phi) is 2.81. The first kappa shape index (κ1) is 9.90. The van der Waals surface area contributed by atoms with E-state index in [1.807, 2.05) is 12.2 Å². The van der Waals surface area contributed by atoms with Gasteiger partial charge in [0, 0.05) is 18.2 Å². The maximum atomic E-state index is 12.8. The van der Waals surface area contributed by atoms with E-state index in [0.717, 1.165) is 31.0 Å². The molecule has 1 aliphatic carbocycles. The smallest absolute Gasteiger partial charge is 0.133 e. The predicted octanol–water partition coefficient (Wildman–Crippen LogP) is 3.58. The fourth-order valence-corrected chi connectivity index (χ4v) is 1.39. The molecule has 0 saturated carbocycles. The molecule has 0 heterocycles. The predicted molar refractivity (Wildman–Crippen MR) is 53.4 cm³/mol. The average Bonchev–Trinajstić information content (AvgIpc) is 2.17. The molecule has 1 aliphatic rings. The monoisotopic (exact) mass is 208 g/mol. The van der Waals surface area contributed by atoms with Crippen molar-refractivity contribution < 1.29 is 13.5 Å². The van der Waals surface area contributed by atoms with Gasteiger partial charge >= 0.3 is 0 Å². The lowest BCUT2D eigenvalue weighted by molar-refractivity contribution is 0.429. The summed E-state index contributed by atoms with van der Waals surface area (Å²) in [6, 6.07) is 3.14. The summed E-state index contributed by atoms with van der Waals surface area (Å²) >= 11 is 0. The van der Waals surface area contributed by atoms with E-state index in [9.17, 15) is 8.78 Å². The summed E-state index contributed by atoms with van der Waals surface area (Å²) in [5.74, 6) is -0.452. The molecule has 0 radical (unpaired) electrons. The molecule has 0 fully saturated rings. The van der Waals surface area contributed by atoms with Crippen LogP contribution < -0.4 is 4.74 Å². The molecule has 1 nitrogen and oxygen atoms in total. The van der Waals surface area contributed by atoms with E-state index in [1.54, 1.807) is 6.08 Å². The Labute approximate surface area is 86.7 Å². The van der Waals surface area contributed by atoms with Crippen LogP contribution in [0, 0.1) is 11.6 Å². The molecule has 0 aromatic heterocycles. The molecule has 0 atom stereocenters. The first-order valence-corrected chi connectivity index (χ1v) is 4.75. The van der Waals surface area contributed by atoms with E-state index in [0.29, 0.717) is 5.76 Å². The number of hydrogen-bond donors (Lipinski definition) is 0. The zero-order chi connectivity index (χ0) is 10.7. The molecule has 2 rings (SSSR count). The van der Waals surface area contributed by atoms with Crippen molar-refractivity contribution in [2.24, 2.45) is 0 Å². The lowest BCUT2D eigenvalue weighted by Crippen LogP contribution is -1.96. The lowest BCUT2D eigenvalue weighted by atomic mass is 10.2. The van der Waals surface area contributed by atoms with E-state index >= 15 is 0 Å². The van der Waals surface area contributed by atoms with E-state index in [1.165, 1.54) is 0 Å². The highest BCUT2D eigenvalue weighted by atomic mass is 19.1. The van der Waals surface area contributed by atoms with Crippen LogP contribution in [0.3, 0.4) is 0 Å². The van der Waals surface area contributed by atoms with Gasteiger partial charge in [0.25, 0.3) is 0 Å². The second kappa shape index (κ2) is 4.26. The fourth-order valence-electron chi connectivity index (χ4n) is 1.39. The second-order valence-corrected chi connectivity index (χ2v) is 3.29. The minimum Gasteiger partial charge on any atom is -0.458 e. The third-order valence-electron chi connectivity index (χ3n) is 2.03. The summed E-state index contributed by atoms with van der Waals surface area (Å²) in [6.45, 7) is 0. The van der Waals surface area contributed by atoms with Crippen molar-refractivity contribution in [2.75, 3.05) is 0 Å². The van der Waals surface area contributed by atoms with Gasteiger partial charge in [-0.1, -0.05) is 6.08 Å². The summed E-state index contributed by atoms with van der Waals surface area (Å²) in [5, 5.41) is 0. The Morgan fingerprint density at radius 3 is 2.33 bits per heavy atom. The molecule has 0 aliphatic heterocycles. The molecule has 3 heteroatoms. The van der Waals surface area contributed by atoms with Crippen LogP contribution in [0.1, 0.15) is 12.8 Å². The SMILES string of the molecule is Fc1cc(F)cc(OC2=CCCC=C2)c1. The topological polar surface area (TPSA) is 9.23 Å². The first-order chi connectivity index (χ1) is 7.24. The van der Waals surface area contributed by atoms with Crippen LogP contribution in [-0.2, 0) is 0 Å². The van der Waals surface area contributed by atoms with Crippen molar-refractivity contribution in [1.29, 1.82) is 0 Å². The van der Waals surface area contributed by atoms with Gasteiger partial charge in [-0.3, -0.25) is 0 Å². The number of allylic oxidation sites excluding steroid dienone is 3. The van der Waals surface area contributed by atoms with E-state index < -0.39 is 11.6 Å². The maximum absolute atomic E-state index is 12.8. The number of rotatable bonds is 2. The molecule has 1 aromatic rings. The molecule has 0 saturated heterocycles. The minimum absolute atomic E-state index is 0.185. The third-order valence-corrected chi connectivity index (χ3v) is 2.03. The van der Waals surface area contributed by atoms with Crippen LogP contribution in [0.4, 0.5) is 8.78 Å². The zero-order valence-electron chi connectivity index (χ0n) is 8.04. The van der Waals surface area contributed by atoms with Crippen molar-refractivity contribution in [3.63, 3.8) is 0 Å². The summed E-state index contributed by atoms with van der Waals surface area (Å²) in [6.07, 6.45) is 7.52. The molecular weight excluding hydrogens is 198 g/mol. The van der Waals surface area contributed by atoms with Gasteiger partial charge in [-0.05, 0) is 25.0 Å². The van der Waals surface area contributed by atoms with Crippen molar-refractivity contribution in [1.82, 2.24) is 0 Å². The molecular formula is C12H10F2O. The van der Waals surface area contributed by atoms with Crippen LogP contribution in [0.25, 0.3) is 0 Å². The number of benzene rings is 1. The molecule has 1 aromatic carbocycles. The normalized spacial score (nSPS) is 14.9. The number of ether oxygens (including phenoxy) is 1. The first-order valence-electron chi connectivity index (χ1n) is 4.75. The summed E-state index contributed by atoms with van der Waals surface area (Å²) < 4.78 is 31.0. The summed E-state index contributed by atoms with van der Waals surface area (Å²) in [5.41, 5.74) is 0. The molecule has 0 spiro atoms. The summed E-state index contributed by atoms with van der Waals surface area (Å²) in [7, 11) is 0. The highest BCUT2D eigenvalue weighted by molar-refractivity contribution is 5.29. The lowest BCUT2D eigenvalue weighted by Gasteiger charge is -2.09. The molecule has 78 valence electrons. The van der Waals surface area contributed by atoms with Gasteiger partial charge in [0.2, 0.25) is 0 Å². The quantitative estimate of drug-likeness (QED) is 0.721. The highest BCUT2D eigenvalue weighted by Gasteiger charge is 2.04. The maximum Gasteiger partial charge on any atom is 0.133 e. The molecule has 0 bridgehead atoms. The highest BCUT2D eigenvalue weighted by Crippen LogP contribution is 2.20. The van der Waals surface area contributed by atoms with Gasteiger partial charge < -0.3 is 4.74 Å². The van der Waals surface area contributed by atoms with E-state index in [4.69, 9.17) is 4.74 Å². The molecule has 15 heavy (non-hydrogen) atoms.